The van der Waals surface area contributed by atoms with Crippen molar-refractivity contribution in [3.05, 3.63) is 64.7 Å². The molecular formula is C20H23ClN2O4. The number of aliphatic hydroxyl groups excluding tert-OH is 1. The zero-order valence-corrected chi connectivity index (χ0v) is 15.6. The first-order chi connectivity index (χ1) is 13.0. The van der Waals surface area contributed by atoms with Gasteiger partial charge in [-0.05, 0) is 41.8 Å². The minimum atomic E-state index is -0.354. The van der Waals surface area contributed by atoms with Gasteiger partial charge in [0.1, 0.15) is 24.0 Å². The normalized spacial score (nSPS) is 12.6. The van der Waals surface area contributed by atoms with Crippen molar-refractivity contribution in [3.8, 4) is 5.75 Å². The standard InChI is InChI=1S/C20H23ClN2O4/c21-17-5-1-15(2-6-17)12-19(26)13-16(20(22)23-27-10-9-24)11-14-3-7-18(25)8-4-14/h1-8,16,24-25H,9-13H2,(H2,22,23)/t16-/m1/s1. The summed E-state index contributed by atoms with van der Waals surface area (Å²) in [5, 5.41) is 22.6. The number of halogens is 1. The summed E-state index contributed by atoms with van der Waals surface area (Å²) in [5.41, 5.74) is 7.81. The van der Waals surface area contributed by atoms with E-state index >= 15 is 0 Å². The third-order valence-corrected chi connectivity index (χ3v) is 4.23. The van der Waals surface area contributed by atoms with Gasteiger partial charge in [0, 0.05) is 23.8 Å². The lowest BCUT2D eigenvalue weighted by Gasteiger charge is -2.16. The minimum Gasteiger partial charge on any atom is -0.508 e. The first-order valence-electron chi connectivity index (χ1n) is 8.58. The summed E-state index contributed by atoms with van der Waals surface area (Å²) in [6.45, 7) is -0.139. The van der Waals surface area contributed by atoms with Gasteiger partial charge in [0.25, 0.3) is 0 Å². The number of nitrogens with two attached hydrogens (primary N) is 1. The van der Waals surface area contributed by atoms with Crippen molar-refractivity contribution in [1.82, 2.24) is 0 Å². The van der Waals surface area contributed by atoms with Gasteiger partial charge in [0.15, 0.2) is 0 Å². The molecule has 0 aliphatic carbocycles. The molecule has 0 heterocycles. The maximum atomic E-state index is 12.5. The van der Waals surface area contributed by atoms with E-state index in [1.165, 1.54) is 0 Å². The van der Waals surface area contributed by atoms with Gasteiger partial charge >= 0.3 is 0 Å². The number of aromatic hydroxyl groups is 1. The maximum absolute atomic E-state index is 12.5. The summed E-state index contributed by atoms with van der Waals surface area (Å²) < 4.78 is 0. The Labute approximate surface area is 163 Å². The highest BCUT2D eigenvalue weighted by atomic mass is 35.5. The largest absolute Gasteiger partial charge is 0.508 e. The van der Waals surface area contributed by atoms with E-state index in [9.17, 15) is 9.90 Å². The number of ketones is 1. The second-order valence-corrected chi connectivity index (χ2v) is 6.62. The number of Topliss-reactive ketones (excluding diaryl/α,β-unsaturated/α-hetero) is 1. The fourth-order valence-electron chi connectivity index (χ4n) is 2.61. The van der Waals surface area contributed by atoms with Crippen molar-refractivity contribution in [1.29, 1.82) is 0 Å². The molecule has 0 radical (unpaired) electrons. The van der Waals surface area contributed by atoms with Gasteiger partial charge in [-0.25, -0.2) is 0 Å². The van der Waals surface area contributed by atoms with E-state index in [1.54, 1.807) is 36.4 Å². The van der Waals surface area contributed by atoms with Gasteiger partial charge in [0.2, 0.25) is 0 Å². The smallest absolute Gasteiger partial charge is 0.143 e. The van der Waals surface area contributed by atoms with Crippen LogP contribution in [-0.4, -0.2) is 35.0 Å². The maximum Gasteiger partial charge on any atom is 0.143 e. The molecule has 27 heavy (non-hydrogen) atoms. The van der Waals surface area contributed by atoms with Gasteiger partial charge in [-0.15, -0.1) is 0 Å². The van der Waals surface area contributed by atoms with E-state index in [-0.39, 0.29) is 49.3 Å². The molecule has 0 fully saturated rings. The summed E-state index contributed by atoms with van der Waals surface area (Å²) in [7, 11) is 0. The Morgan fingerprint density at radius 2 is 1.74 bits per heavy atom. The van der Waals surface area contributed by atoms with Gasteiger partial charge < -0.3 is 20.8 Å². The Hall–Kier alpha value is -2.57. The number of aliphatic hydroxyl groups is 1. The number of hydrogen-bond acceptors (Lipinski definition) is 5. The van der Waals surface area contributed by atoms with E-state index in [2.05, 4.69) is 5.16 Å². The Morgan fingerprint density at radius 3 is 2.37 bits per heavy atom. The zero-order chi connectivity index (χ0) is 19.6. The van der Waals surface area contributed by atoms with Crippen LogP contribution in [0.4, 0.5) is 0 Å². The van der Waals surface area contributed by atoms with Crippen LogP contribution in [0.15, 0.2) is 53.7 Å². The van der Waals surface area contributed by atoms with Crippen molar-refractivity contribution >= 4 is 23.2 Å². The van der Waals surface area contributed by atoms with Crippen LogP contribution in [0.5, 0.6) is 5.75 Å². The molecule has 0 spiro atoms. The van der Waals surface area contributed by atoms with Crippen molar-refractivity contribution < 1.29 is 19.8 Å². The second kappa shape index (κ2) is 10.5. The number of oxime groups is 1. The van der Waals surface area contributed by atoms with Gasteiger partial charge in [-0.1, -0.05) is 41.0 Å². The summed E-state index contributed by atoms with van der Waals surface area (Å²) in [6, 6.07) is 13.8. The van der Waals surface area contributed by atoms with Crippen molar-refractivity contribution in [3.63, 3.8) is 0 Å². The first kappa shape index (κ1) is 20.7. The summed E-state index contributed by atoms with van der Waals surface area (Å²) in [5.74, 6) is 0.0254. The average molecular weight is 391 g/mol. The number of carbonyl (C=O) groups is 1. The van der Waals surface area contributed by atoms with E-state index in [0.29, 0.717) is 11.4 Å². The zero-order valence-electron chi connectivity index (χ0n) is 14.8. The van der Waals surface area contributed by atoms with Crippen LogP contribution in [0.2, 0.25) is 5.02 Å². The molecule has 0 aliphatic heterocycles. The first-order valence-corrected chi connectivity index (χ1v) is 8.96. The molecule has 0 unspecified atom stereocenters. The number of nitrogens with zero attached hydrogens (tertiary/aromatic N) is 1. The molecule has 0 aliphatic rings. The van der Waals surface area contributed by atoms with Crippen LogP contribution in [0.25, 0.3) is 0 Å². The molecule has 4 N–H and O–H groups in total. The molecule has 0 saturated carbocycles. The van der Waals surface area contributed by atoms with Crippen LogP contribution < -0.4 is 5.73 Å². The molecule has 6 nitrogen and oxygen atoms in total. The van der Waals surface area contributed by atoms with E-state index in [0.717, 1.165) is 11.1 Å². The van der Waals surface area contributed by atoms with Crippen molar-refractivity contribution in [2.45, 2.75) is 19.3 Å². The predicted octanol–water partition coefficient (Wildman–Crippen LogP) is 2.69. The number of carbonyl (C=O) groups excluding carboxylic acids is 1. The number of phenolic OH excluding ortho intramolecular Hbond substituents is 1. The molecule has 0 aromatic heterocycles. The Bertz CT molecular complexity index is 761. The highest BCUT2D eigenvalue weighted by molar-refractivity contribution is 6.30. The number of rotatable bonds is 10. The quantitative estimate of drug-likeness (QED) is 0.250. The monoisotopic (exact) mass is 390 g/mol. The fraction of sp³-hybridized carbons (Fsp3) is 0.300. The highest BCUT2D eigenvalue weighted by Gasteiger charge is 2.20. The Kier molecular flexibility index (Phi) is 8.10. The van der Waals surface area contributed by atoms with Crippen LogP contribution in [-0.2, 0) is 22.5 Å². The number of amidine groups is 1. The van der Waals surface area contributed by atoms with Crippen molar-refractivity contribution in [2.75, 3.05) is 13.2 Å². The molecule has 7 heteroatoms. The SMILES string of the molecule is N/C(=N\OCCO)[C@@H](CC(=O)Cc1ccc(Cl)cc1)Cc1ccc(O)cc1. The third kappa shape index (κ3) is 7.29. The fourth-order valence-corrected chi connectivity index (χ4v) is 2.74. The molecule has 144 valence electrons. The lowest BCUT2D eigenvalue weighted by Crippen LogP contribution is -2.29. The lowest BCUT2D eigenvalue weighted by molar-refractivity contribution is -0.118. The van der Waals surface area contributed by atoms with Crippen LogP contribution in [0.3, 0.4) is 0 Å². The van der Waals surface area contributed by atoms with Gasteiger partial charge in [-0.3, -0.25) is 4.79 Å². The summed E-state index contributed by atoms with van der Waals surface area (Å²) in [4.78, 5) is 17.5. The molecule has 0 bridgehead atoms. The second-order valence-electron chi connectivity index (χ2n) is 6.19. The van der Waals surface area contributed by atoms with Crippen molar-refractivity contribution in [2.24, 2.45) is 16.8 Å². The summed E-state index contributed by atoms with van der Waals surface area (Å²) in [6.07, 6.45) is 0.944. The third-order valence-electron chi connectivity index (χ3n) is 3.98. The molecular weight excluding hydrogens is 368 g/mol. The molecule has 1 atom stereocenters. The molecule has 0 amide bonds. The number of phenols is 1. The molecule has 0 saturated heterocycles. The Morgan fingerprint density at radius 1 is 1.11 bits per heavy atom. The van der Waals surface area contributed by atoms with E-state index in [4.69, 9.17) is 27.3 Å². The molecule has 2 aromatic carbocycles. The Balaban J connectivity index is 2.07. The van der Waals surface area contributed by atoms with Crippen LogP contribution in [0.1, 0.15) is 17.5 Å². The highest BCUT2D eigenvalue weighted by Crippen LogP contribution is 2.18. The van der Waals surface area contributed by atoms with E-state index < -0.39 is 0 Å². The number of hydrogen-bond donors (Lipinski definition) is 3. The molecule has 2 aromatic rings. The van der Waals surface area contributed by atoms with Gasteiger partial charge in [-0.2, -0.15) is 0 Å². The lowest BCUT2D eigenvalue weighted by atomic mass is 9.91. The van der Waals surface area contributed by atoms with Crippen LogP contribution >= 0.6 is 11.6 Å². The minimum absolute atomic E-state index is 0.0152. The van der Waals surface area contributed by atoms with Crippen LogP contribution in [0, 0.1) is 5.92 Å². The predicted molar refractivity (Wildman–Crippen MR) is 105 cm³/mol. The average Bonchev–Trinajstić information content (AvgIpc) is 2.65. The molecule has 2 rings (SSSR count). The summed E-state index contributed by atoms with van der Waals surface area (Å²) >= 11 is 5.87. The van der Waals surface area contributed by atoms with Gasteiger partial charge in [0.05, 0.1) is 6.61 Å². The van der Waals surface area contributed by atoms with E-state index in [1.807, 2.05) is 12.1 Å². The number of benzene rings is 2. The topological polar surface area (TPSA) is 105 Å².